The number of para-hydroxylation sites is 1. The normalized spacial score (nSPS) is 20.9. The van der Waals surface area contributed by atoms with Gasteiger partial charge in [-0.3, -0.25) is 4.79 Å². The van der Waals surface area contributed by atoms with Crippen LogP contribution in [0.25, 0.3) is 10.2 Å². The molecule has 0 spiro atoms. The zero-order valence-electron chi connectivity index (χ0n) is 16.9. The number of hydrogen-bond acceptors (Lipinski definition) is 5. The lowest BCUT2D eigenvalue weighted by Crippen LogP contribution is -3.14. The van der Waals surface area contributed by atoms with Gasteiger partial charge >= 0.3 is 5.97 Å². The molecule has 6 nitrogen and oxygen atoms in total. The number of rotatable bonds is 7. The molecule has 1 aliphatic heterocycles. The molecule has 7 heteroatoms. The number of likely N-dealkylation sites (tertiary alicyclic amines) is 1. The van der Waals surface area contributed by atoms with Gasteiger partial charge in [0.2, 0.25) is 0 Å². The Labute approximate surface area is 170 Å². The summed E-state index contributed by atoms with van der Waals surface area (Å²) in [5, 5.41) is 4.08. The molecule has 2 heterocycles. The van der Waals surface area contributed by atoms with Crippen LogP contribution in [-0.2, 0) is 14.3 Å². The molecule has 2 aromatic rings. The number of carbonyl (C=O) groups is 2. The average molecular weight is 405 g/mol. The lowest BCUT2D eigenvalue weighted by Gasteiger charge is -2.28. The predicted molar refractivity (Wildman–Crippen MR) is 111 cm³/mol. The maximum absolute atomic E-state index is 12.4. The smallest absolute Gasteiger partial charge is 0.328 e. The third-order valence-electron chi connectivity index (χ3n) is 5.29. The number of piperidine rings is 1. The Morgan fingerprint density at radius 1 is 1.29 bits per heavy atom. The lowest BCUT2D eigenvalue weighted by molar-refractivity contribution is -0.897. The van der Waals surface area contributed by atoms with Gasteiger partial charge in [-0.25, -0.2) is 9.78 Å². The van der Waals surface area contributed by atoms with Crippen molar-refractivity contribution in [3.05, 3.63) is 29.3 Å². The van der Waals surface area contributed by atoms with Crippen LogP contribution in [-0.4, -0.2) is 49.6 Å². The number of carbonyl (C=O) groups excluding carboxylic acids is 2. The van der Waals surface area contributed by atoms with Gasteiger partial charge in [-0.05, 0) is 24.5 Å². The highest BCUT2D eigenvalue weighted by Gasteiger charge is 2.29. The number of thiazole rings is 1. The molecule has 1 aliphatic rings. The molecular formula is C21H30N3O3S+. The van der Waals surface area contributed by atoms with Gasteiger partial charge in [-0.15, -0.1) is 11.3 Å². The highest BCUT2D eigenvalue weighted by molar-refractivity contribution is 7.18. The van der Waals surface area contributed by atoms with E-state index >= 15 is 0 Å². The van der Waals surface area contributed by atoms with E-state index in [0.29, 0.717) is 24.8 Å². The van der Waals surface area contributed by atoms with E-state index < -0.39 is 6.04 Å². The zero-order valence-corrected chi connectivity index (χ0v) is 17.7. The summed E-state index contributed by atoms with van der Waals surface area (Å²) in [4.78, 5) is 30.4. The molecule has 0 aliphatic carbocycles. The quantitative estimate of drug-likeness (QED) is 0.690. The first-order chi connectivity index (χ1) is 13.5. The molecule has 3 rings (SSSR count). The summed E-state index contributed by atoms with van der Waals surface area (Å²) < 4.78 is 6.07. The fraction of sp³-hybridized carbons (Fsp3) is 0.571. The van der Waals surface area contributed by atoms with Crippen LogP contribution in [0, 0.1) is 5.92 Å². The van der Waals surface area contributed by atoms with Crippen LogP contribution in [0.4, 0.5) is 0 Å². The molecule has 1 atom stereocenters. The van der Waals surface area contributed by atoms with E-state index in [1.54, 1.807) is 11.3 Å². The molecule has 152 valence electrons. The van der Waals surface area contributed by atoms with E-state index in [2.05, 4.69) is 23.5 Å². The van der Waals surface area contributed by atoms with E-state index in [0.717, 1.165) is 31.4 Å². The second-order valence-electron chi connectivity index (χ2n) is 7.99. The minimum Gasteiger partial charge on any atom is -0.467 e. The number of nitrogens with zero attached hydrogens (tertiary/aromatic N) is 1. The van der Waals surface area contributed by atoms with Crippen molar-refractivity contribution < 1.29 is 19.2 Å². The molecule has 1 aromatic carbocycles. The Hall–Kier alpha value is -1.99. The standard InChI is InChI=1S/C21H29N3O3S/c1-14(2)12-17(21(26)27-3)22-19(25)13-24-10-8-15(9-11-24)20-23-16-6-4-5-7-18(16)28-20/h4-7,14-15,17H,8-13H2,1-3H3,(H,22,25)/p+1/t17-/m0/s1. The number of aromatic nitrogens is 1. The Morgan fingerprint density at radius 2 is 2.00 bits per heavy atom. The van der Waals surface area contributed by atoms with Crippen molar-refractivity contribution in [3.8, 4) is 0 Å². The summed E-state index contributed by atoms with van der Waals surface area (Å²) in [5.74, 6) is 0.338. The highest BCUT2D eigenvalue weighted by atomic mass is 32.1. The second-order valence-corrected chi connectivity index (χ2v) is 9.06. The summed E-state index contributed by atoms with van der Waals surface area (Å²) in [7, 11) is 1.36. The molecule has 1 saturated heterocycles. The molecule has 0 unspecified atom stereocenters. The van der Waals surface area contributed by atoms with Gasteiger partial charge in [-0.2, -0.15) is 0 Å². The van der Waals surface area contributed by atoms with Crippen molar-refractivity contribution in [2.24, 2.45) is 5.92 Å². The molecule has 2 N–H and O–H groups in total. The molecule has 0 bridgehead atoms. The number of ether oxygens (including phenoxy) is 1. The summed E-state index contributed by atoms with van der Waals surface area (Å²) in [6.45, 7) is 6.35. The largest absolute Gasteiger partial charge is 0.467 e. The topological polar surface area (TPSA) is 72.7 Å². The van der Waals surface area contributed by atoms with Gasteiger partial charge in [-0.1, -0.05) is 26.0 Å². The van der Waals surface area contributed by atoms with Gasteiger partial charge < -0.3 is 15.0 Å². The van der Waals surface area contributed by atoms with Crippen molar-refractivity contribution in [1.82, 2.24) is 10.3 Å². The summed E-state index contributed by atoms with van der Waals surface area (Å²) in [6.07, 6.45) is 2.66. The number of benzene rings is 1. The highest BCUT2D eigenvalue weighted by Crippen LogP contribution is 2.31. The van der Waals surface area contributed by atoms with Crippen molar-refractivity contribution in [2.75, 3.05) is 26.7 Å². The van der Waals surface area contributed by atoms with Crippen molar-refractivity contribution in [3.63, 3.8) is 0 Å². The van der Waals surface area contributed by atoms with Crippen molar-refractivity contribution >= 4 is 33.4 Å². The van der Waals surface area contributed by atoms with Crippen molar-refractivity contribution in [2.45, 2.75) is 45.1 Å². The Kier molecular flexibility index (Phi) is 7.02. The van der Waals surface area contributed by atoms with E-state index in [1.807, 2.05) is 19.9 Å². The zero-order chi connectivity index (χ0) is 20.1. The van der Waals surface area contributed by atoms with Crippen LogP contribution in [0.2, 0.25) is 0 Å². The maximum atomic E-state index is 12.4. The van der Waals surface area contributed by atoms with E-state index in [1.165, 1.54) is 21.7 Å². The van der Waals surface area contributed by atoms with Crippen LogP contribution < -0.4 is 10.2 Å². The molecule has 0 saturated carbocycles. The number of quaternary nitrogens is 1. The number of esters is 1. The van der Waals surface area contributed by atoms with Gasteiger partial charge in [0.15, 0.2) is 6.54 Å². The third kappa shape index (κ3) is 5.29. The fourth-order valence-corrected chi connectivity index (χ4v) is 4.95. The first kappa shape index (κ1) is 20.7. The molecule has 1 aromatic heterocycles. The van der Waals surface area contributed by atoms with E-state index in [9.17, 15) is 9.59 Å². The van der Waals surface area contributed by atoms with Gasteiger partial charge in [0.1, 0.15) is 6.04 Å². The summed E-state index contributed by atoms with van der Waals surface area (Å²) in [5.41, 5.74) is 1.08. The maximum Gasteiger partial charge on any atom is 0.328 e. The van der Waals surface area contributed by atoms with Crippen LogP contribution in [0.15, 0.2) is 24.3 Å². The second kappa shape index (κ2) is 9.47. The fourth-order valence-electron chi connectivity index (χ4n) is 3.81. The molecule has 28 heavy (non-hydrogen) atoms. The number of hydrogen-bond donors (Lipinski definition) is 2. The first-order valence-electron chi connectivity index (χ1n) is 10.0. The number of amides is 1. The Balaban J connectivity index is 1.50. The van der Waals surface area contributed by atoms with Gasteiger partial charge in [0.25, 0.3) is 5.91 Å². The lowest BCUT2D eigenvalue weighted by atomic mass is 9.97. The Bertz CT molecular complexity index is 779. The monoisotopic (exact) mass is 404 g/mol. The van der Waals surface area contributed by atoms with Crippen LogP contribution in [0.1, 0.15) is 44.0 Å². The number of nitrogens with one attached hydrogen (secondary N) is 2. The third-order valence-corrected chi connectivity index (χ3v) is 6.49. The number of methoxy groups -OCH3 is 1. The molecule has 0 radical (unpaired) electrons. The predicted octanol–water partition coefficient (Wildman–Crippen LogP) is 1.76. The van der Waals surface area contributed by atoms with E-state index in [-0.39, 0.29) is 11.9 Å². The molecule has 1 fully saturated rings. The summed E-state index contributed by atoms with van der Waals surface area (Å²) >= 11 is 1.79. The molecular weight excluding hydrogens is 374 g/mol. The summed E-state index contributed by atoms with van der Waals surface area (Å²) in [6, 6.07) is 7.71. The van der Waals surface area contributed by atoms with E-state index in [4.69, 9.17) is 9.72 Å². The van der Waals surface area contributed by atoms with Gasteiger partial charge in [0.05, 0.1) is 35.4 Å². The Morgan fingerprint density at radius 3 is 2.64 bits per heavy atom. The van der Waals surface area contributed by atoms with Crippen LogP contribution >= 0.6 is 11.3 Å². The van der Waals surface area contributed by atoms with Crippen molar-refractivity contribution in [1.29, 1.82) is 0 Å². The van der Waals surface area contributed by atoms with Crippen LogP contribution in [0.5, 0.6) is 0 Å². The SMILES string of the molecule is COC(=O)[C@H](CC(C)C)NC(=O)C[NH+]1CCC(c2nc3ccccc3s2)CC1. The average Bonchev–Trinajstić information content (AvgIpc) is 3.11. The van der Waals surface area contributed by atoms with Gasteiger partial charge in [0, 0.05) is 18.8 Å². The molecule has 1 amide bonds. The van der Waals surface area contributed by atoms with Crippen LogP contribution in [0.3, 0.4) is 0 Å². The minimum absolute atomic E-state index is 0.0792. The minimum atomic E-state index is -0.558. The first-order valence-corrected chi connectivity index (χ1v) is 10.8. The number of fused-ring (bicyclic) bond motifs is 1.